The molecule has 2 heterocycles. The van der Waals surface area contributed by atoms with Gasteiger partial charge in [-0.15, -0.1) is 0 Å². The number of hydrogen-bond donors (Lipinski definition) is 0. The summed E-state index contributed by atoms with van der Waals surface area (Å²) in [6.07, 6.45) is 2.56. The van der Waals surface area contributed by atoms with Gasteiger partial charge in [-0.2, -0.15) is 5.10 Å². The van der Waals surface area contributed by atoms with Gasteiger partial charge < -0.3 is 4.74 Å². The predicted octanol–water partition coefficient (Wildman–Crippen LogP) is 1.51. The van der Waals surface area contributed by atoms with Crippen LogP contribution in [-0.4, -0.2) is 21.9 Å². The first-order valence-electron chi connectivity index (χ1n) is 4.94. The van der Waals surface area contributed by atoms with Crippen molar-refractivity contribution in [1.29, 1.82) is 0 Å². The Labute approximate surface area is 87.5 Å². The molecule has 4 nitrogen and oxygen atoms in total. The molecule has 0 aliphatic carbocycles. The Hall–Kier alpha value is -1.84. The molecule has 0 radical (unpaired) electrons. The minimum Gasteiger partial charge on any atom is -0.496 e. The number of aromatic nitrogens is 3. The van der Waals surface area contributed by atoms with Gasteiger partial charge in [-0.25, -0.2) is 9.67 Å². The van der Waals surface area contributed by atoms with E-state index in [0.29, 0.717) is 0 Å². The van der Waals surface area contributed by atoms with Crippen LogP contribution in [0.3, 0.4) is 0 Å². The van der Waals surface area contributed by atoms with E-state index < -0.39 is 0 Å². The minimum absolute atomic E-state index is 0.878. The average molecular weight is 201 g/mol. The van der Waals surface area contributed by atoms with Crippen molar-refractivity contribution in [3.05, 3.63) is 30.1 Å². The van der Waals surface area contributed by atoms with Gasteiger partial charge in [-0.05, 0) is 12.5 Å². The molecular formula is C11H11N3O. The minimum atomic E-state index is 0.878. The SMILES string of the molecule is COc1cccc2c1CCn1ncnc1-2. The van der Waals surface area contributed by atoms with Crippen LogP contribution < -0.4 is 4.74 Å². The summed E-state index contributed by atoms with van der Waals surface area (Å²) in [5, 5.41) is 4.18. The molecule has 76 valence electrons. The third kappa shape index (κ3) is 1.14. The Balaban J connectivity index is 2.25. The zero-order chi connectivity index (χ0) is 10.3. The molecule has 4 heteroatoms. The summed E-state index contributed by atoms with van der Waals surface area (Å²) in [6.45, 7) is 0.878. The first-order valence-corrected chi connectivity index (χ1v) is 4.94. The Bertz CT molecular complexity index is 504. The lowest BCUT2D eigenvalue weighted by molar-refractivity contribution is 0.407. The topological polar surface area (TPSA) is 39.9 Å². The van der Waals surface area contributed by atoms with Gasteiger partial charge in [0.1, 0.15) is 12.1 Å². The van der Waals surface area contributed by atoms with Crippen molar-refractivity contribution in [2.75, 3.05) is 7.11 Å². The molecule has 0 spiro atoms. The highest BCUT2D eigenvalue weighted by molar-refractivity contribution is 5.65. The van der Waals surface area contributed by atoms with Gasteiger partial charge in [0, 0.05) is 17.7 Å². The summed E-state index contributed by atoms with van der Waals surface area (Å²) in [5.74, 6) is 1.89. The van der Waals surface area contributed by atoms with E-state index in [0.717, 1.165) is 30.1 Å². The van der Waals surface area contributed by atoms with Crippen LogP contribution >= 0.6 is 0 Å². The molecule has 1 aromatic heterocycles. The predicted molar refractivity (Wildman–Crippen MR) is 55.7 cm³/mol. The van der Waals surface area contributed by atoms with Gasteiger partial charge in [-0.1, -0.05) is 12.1 Å². The molecule has 0 saturated carbocycles. The van der Waals surface area contributed by atoms with Crippen molar-refractivity contribution in [2.24, 2.45) is 0 Å². The molecular weight excluding hydrogens is 190 g/mol. The van der Waals surface area contributed by atoms with Gasteiger partial charge in [0.25, 0.3) is 0 Å². The van der Waals surface area contributed by atoms with Crippen molar-refractivity contribution in [3.8, 4) is 17.1 Å². The zero-order valence-electron chi connectivity index (χ0n) is 8.47. The van der Waals surface area contributed by atoms with Crippen molar-refractivity contribution < 1.29 is 4.74 Å². The van der Waals surface area contributed by atoms with Gasteiger partial charge in [0.2, 0.25) is 0 Å². The van der Waals surface area contributed by atoms with Crippen LogP contribution in [0.25, 0.3) is 11.4 Å². The largest absolute Gasteiger partial charge is 0.496 e. The maximum Gasteiger partial charge on any atom is 0.158 e. The van der Waals surface area contributed by atoms with E-state index in [-0.39, 0.29) is 0 Å². The number of nitrogens with zero attached hydrogens (tertiary/aromatic N) is 3. The summed E-state index contributed by atoms with van der Waals surface area (Å²) in [4.78, 5) is 4.27. The number of rotatable bonds is 1. The van der Waals surface area contributed by atoms with Crippen molar-refractivity contribution in [2.45, 2.75) is 13.0 Å². The summed E-state index contributed by atoms with van der Waals surface area (Å²) in [5.41, 5.74) is 2.37. The summed E-state index contributed by atoms with van der Waals surface area (Å²) >= 11 is 0. The first kappa shape index (κ1) is 8.47. The number of ether oxygens (including phenoxy) is 1. The molecule has 2 aromatic rings. The second-order valence-electron chi connectivity index (χ2n) is 3.54. The highest BCUT2D eigenvalue weighted by Gasteiger charge is 2.20. The summed E-state index contributed by atoms with van der Waals surface area (Å²) in [7, 11) is 1.70. The molecule has 0 saturated heterocycles. The van der Waals surface area contributed by atoms with E-state index in [1.165, 1.54) is 5.56 Å². The Morgan fingerprint density at radius 1 is 1.40 bits per heavy atom. The molecule has 1 aromatic carbocycles. The highest BCUT2D eigenvalue weighted by atomic mass is 16.5. The zero-order valence-corrected chi connectivity index (χ0v) is 8.47. The van der Waals surface area contributed by atoms with Crippen LogP contribution in [0, 0.1) is 0 Å². The average Bonchev–Trinajstić information content (AvgIpc) is 2.76. The fourth-order valence-corrected chi connectivity index (χ4v) is 2.08. The van der Waals surface area contributed by atoms with Crippen molar-refractivity contribution in [1.82, 2.24) is 14.8 Å². The van der Waals surface area contributed by atoms with Crippen LogP contribution in [0.4, 0.5) is 0 Å². The van der Waals surface area contributed by atoms with E-state index in [1.54, 1.807) is 13.4 Å². The van der Waals surface area contributed by atoms with E-state index in [9.17, 15) is 0 Å². The first-order chi connectivity index (χ1) is 7.40. The van der Waals surface area contributed by atoms with Crippen LogP contribution in [0.5, 0.6) is 5.75 Å². The van der Waals surface area contributed by atoms with Crippen molar-refractivity contribution >= 4 is 0 Å². The lowest BCUT2D eigenvalue weighted by Crippen LogP contribution is -2.13. The lowest BCUT2D eigenvalue weighted by atomic mass is 10.00. The van der Waals surface area contributed by atoms with Gasteiger partial charge in [-0.3, -0.25) is 0 Å². The number of methoxy groups -OCH3 is 1. The highest BCUT2D eigenvalue weighted by Crippen LogP contribution is 2.33. The monoisotopic (exact) mass is 201 g/mol. The summed E-state index contributed by atoms with van der Waals surface area (Å²) in [6, 6.07) is 6.05. The van der Waals surface area contributed by atoms with Crippen LogP contribution in [0.15, 0.2) is 24.5 Å². The van der Waals surface area contributed by atoms with Crippen LogP contribution in [0.2, 0.25) is 0 Å². The third-order valence-corrected chi connectivity index (χ3v) is 2.78. The molecule has 0 atom stereocenters. The fourth-order valence-electron chi connectivity index (χ4n) is 2.08. The molecule has 15 heavy (non-hydrogen) atoms. The maximum absolute atomic E-state index is 5.35. The molecule has 3 rings (SSSR count). The van der Waals surface area contributed by atoms with E-state index in [4.69, 9.17) is 4.74 Å². The molecule has 0 bridgehead atoms. The molecule has 0 fully saturated rings. The van der Waals surface area contributed by atoms with Gasteiger partial charge in [0.05, 0.1) is 7.11 Å². The molecule has 1 aliphatic rings. The van der Waals surface area contributed by atoms with E-state index >= 15 is 0 Å². The Kier molecular flexibility index (Phi) is 1.74. The number of aryl methyl sites for hydroxylation is 1. The standard InChI is InChI=1S/C11H11N3O/c1-15-10-4-2-3-9-8(10)5-6-14-11(9)12-7-13-14/h2-4,7H,5-6H2,1H3. The number of hydrogen-bond acceptors (Lipinski definition) is 3. The number of fused-ring (bicyclic) bond motifs is 3. The van der Waals surface area contributed by atoms with Crippen LogP contribution in [-0.2, 0) is 13.0 Å². The molecule has 0 unspecified atom stereocenters. The quantitative estimate of drug-likeness (QED) is 0.702. The maximum atomic E-state index is 5.35. The summed E-state index contributed by atoms with van der Waals surface area (Å²) < 4.78 is 7.28. The molecule has 1 aliphatic heterocycles. The molecule has 0 amide bonds. The van der Waals surface area contributed by atoms with Gasteiger partial charge >= 0.3 is 0 Å². The second-order valence-corrected chi connectivity index (χ2v) is 3.54. The fraction of sp³-hybridized carbons (Fsp3) is 0.273. The number of benzene rings is 1. The lowest BCUT2D eigenvalue weighted by Gasteiger charge is -2.18. The Morgan fingerprint density at radius 2 is 2.33 bits per heavy atom. The molecule has 0 N–H and O–H groups in total. The van der Waals surface area contributed by atoms with Crippen LogP contribution in [0.1, 0.15) is 5.56 Å². The third-order valence-electron chi connectivity index (χ3n) is 2.78. The smallest absolute Gasteiger partial charge is 0.158 e. The van der Waals surface area contributed by atoms with E-state index in [1.807, 2.05) is 16.8 Å². The van der Waals surface area contributed by atoms with E-state index in [2.05, 4.69) is 16.1 Å². The Morgan fingerprint density at radius 3 is 3.20 bits per heavy atom. The van der Waals surface area contributed by atoms with Crippen molar-refractivity contribution in [3.63, 3.8) is 0 Å². The normalized spacial score (nSPS) is 13.1. The van der Waals surface area contributed by atoms with Gasteiger partial charge in [0.15, 0.2) is 5.82 Å². The second kappa shape index (κ2) is 3.08.